The topological polar surface area (TPSA) is 70.7 Å². The van der Waals surface area contributed by atoms with Gasteiger partial charge in [-0.2, -0.15) is 0 Å². The monoisotopic (exact) mass is 451 g/mol. The van der Waals surface area contributed by atoms with Gasteiger partial charge in [-0.05, 0) is 72.7 Å². The van der Waals surface area contributed by atoms with Crippen molar-refractivity contribution in [3.05, 3.63) is 65.2 Å². The number of nitrogens with zero attached hydrogens (tertiary/aromatic N) is 1. The number of piperidine rings is 1. The molecule has 0 unspecified atom stereocenters. The van der Waals surface area contributed by atoms with Crippen LogP contribution in [0.15, 0.2) is 48.5 Å². The lowest BCUT2D eigenvalue weighted by atomic mass is 9.87. The summed E-state index contributed by atoms with van der Waals surface area (Å²) in [5, 5.41) is 5.70. The lowest BCUT2D eigenvalue weighted by molar-refractivity contribution is -0.120. The molecule has 2 aromatic carbocycles. The van der Waals surface area contributed by atoms with Gasteiger partial charge in [0.1, 0.15) is 5.75 Å². The minimum atomic E-state index is -0.225. The van der Waals surface area contributed by atoms with Crippen LogP contribution < -0.4 is 15.4 Å². The smallest absolute Gasteiger partial charge is 0.251 e. The number of methoxy groups -OCH3 is 1. The molecule has 33 heavy (non-hydrogen) atoms. The molecule has 1 aliphatic heterocycles. The number of benzene rings is 2. The van der Waals surface area contributed by atoms with Crippen molar-refractivity contribution in [2.75, 3.05) is 33.3 Å². The Morgan fingerprint density at radius 2 is 1.61 bits per heavy atom. The molecule has 1 saturated heterocycles. The van der Waals surface area contributed by atoms with Crippen LogP contribution in [0.1, 0.15) is 55.1 Å². The van der Waals surface area contributed by atoms with Crippen LogP contribution in [-0.2, 0) is 16.8 Å². The molecule has 0 bridgehead atoms. The van der Waals surface area contributed by atoms with E-state index >= 15 is 0 Å². The third-order valence-corrected chi connectivity index (χ3v) is 6.28. The Balaban J connectivity index is 1.33. The average molecular weight is 452 g/mol. The van der Waals surface area contributed by atoms with Gasteiger partial charge < -0.3 is 15.4 Å². The number of hydrogen-bond acceptors (Lipinski definition) is 4. The highest BCUT2D eigenvalue weighted by Crippen LogP contribution is 2.22. The second-order valence-corrected chi connectivity index (χ2v) is 9.88. The molecule has 3 rings (SSSR count). The summed E-state index contributed by atoms with van der Waals surface area (Å²) in [6, 6.07) is 15.8. The maximum atomic E-state index is 12.3. The van der Waals surface area contributed by atoms with Gasteiger partial charge in [0.2, 0.25) is 5.91 Å². The normalized spacial score (nSPS) is 15.2. The van der Waals surface area contributed by atoms with Crippen molar-refractivity contribution in [1.29, 1.82) is 0 Å². The van der Waals surface area contributed by atoms with Crippen LogP contribution in [0.4, 0.5) is 0 Å². The fourth-order valence-electron chi connectivity index (χ4n) is 4.04. The molecule has 0 aromatic heterocycles. The first-order valence-electron chi connectivity index (χ1n) is 11.8. The first-order chi connectivity index (χ1) is 15.7. The van der Waals surface area contributed by atoms with Crippen molar-refractivity contribution in [2.45, 2.75) is 45.6 Å². The molecule has 6 nitrogen and oxygen atoms in total. The predicted octanol–water partition coefficient (Wildman–Crippen LogP) is 3.75. The zero-order valence-electron chi connectivity index (χ0n) is 20.3. The molecule has 0 spiro atoms. The molecule has 6 heteroatoms. The Kier molecular flexibility index (Phi) is 8.50. The van der Waals surface area contributed by atoms with Gasteiger partial charge in [0.15, 0.2) is 0 Å². The van der Waals surface area contributed by atoms with Gasteiger partial charge in [0.25, 0.3) is 5.91 Å². The van der Waals surface area contributed by atoms with E-state index in [-0.39, 0.29) is 23.8 Å². The van der Waals surface area contributed by atoms with E-state index in [0.717, 1.165) is 38.2 Å². The SMILES string of the molecule is COc1ccc(CN2CCC(CNC(=O)CNC(=O)c3ccc(C(C)(C)C)cc3)CC2)cc1. The number of hydrogen-bond donors (Lipinski definition) is 2. The second kappa shape index (κ2) is 11.3. The summed E-state index contributed by atoms with van der Waals surface area (Å²) in [6.45, 7) is 10.0. The van der Waals surface area contributed by atoms with Crippen LogP contribution in [0.2, 0.25) is 0 Å². The van der Waals surface area contributed by atoms with E-state index in [1.807, 2.05) is 36.4 Å². The molecule has 2 amide bonds. The zero-order chi connectivity index (χ0) is 23.8. The third kappa shape index (κ3) is 7.60. The Morgan fingerprint density at radius 3 is 2.18 bits per heavy atom. The lowest BCUT2D eigenvalue weighted by Gasteiger charge is -2.32. The molecule has 1 heterocycles. The Morgan fingerprint density at radius 1 is 0.970 bits per heavy atom. The van der Waals surface area contributed by atoms with Crippen LogP contribution in [0.3, 0.4) is 0 Å². The maximum Gasteiger partial charge on any atom is 0.251 e. The number of carbonyl (C=O) groups excluding carboxylic acids is 2. The van der Waals surface area contributed by atoms with Crippen LogP contribution in [-0.4, -0.2) is 50.0 Å². The van der Waals surface area contributed by atoms with E-state index in [0.29, 0.717) is 18.0 Å². The van der Waals surface area contributed by atoms with Gasteiger partial charge >= 0.3 is 0 Å². The van der Waals surface area contributed by atoms with Crippen molar-refractivity contribution in [1.82, 2.24) is 15.5 Å². The first-order valence-corrected chi connectivity index (χ1v) is 11.8. The zero-order valence-corrected chi connectivity index (χ0v) is 20.3. The minimum absolute atomic E-state index is 0.00380. The molecule has 0 radical (unpaired) electrons. The molecule has 0 aliphatic carbocycles. The van der Waals surface area contributed by atoms with Crippen molar-refractivity contribution in [2.24, 2.45) is 5.92 Å². The summed E-state index contributed by atoms with van der Waals surface area (Å²) in [5.41, 5.74) is 3.07. The van der Waals surface area contributed by atoms with Crippen LogP contribution in [0.25, 0.3) is 0 Å². The third-order valence-electron chi connectivity index (χ3n) is 6.28. The minimum Gasteiger partial charge on any atom is -0.497 e. The summed E-state index contributed by atoms with van der Waals surface area (Å²) in [5.74, 6) is 0.984. The van der Waals surface area contributed by atoms with Crippen LogP contribution in [0.5, 0.6) is 5.75 Å². The van der Waals surface area contributed by atoms with Crippen LogP contribution in [0, 0.1) is 5.92 Å². The highest BCUT2D eigenvalue weighted by molar-refractivity contribution is 5.96. The molecule has 178 valence electrons. The average Bonchev–Trinajstić information content (AvgIpc) is 2.82. The summed E-state index contributed by atoms with van der Waals surface area (Å²) in [4.78, 5) is 27.0. The van der Waals surface area contributed by atoms with Gasteiger partial charge in [0, 0.05) is 18.7 Å². The molecule has 2 N–H and O–H groups in total. The first kappa shape index (κ1) is 24.8. The van der Waals surface area contributed by atoms with Crippen LogP contribution >= 0.6 is 0 Å². The van der Waals surface area contributed by atoms with Gasteiger partial charge in [-0.1, -0.05) is 45.0 Å². The largest absolute Gasteiger partial charge is 0.497 e. The van der Waals surface area contributed by atoms with Gasteiger partial charge in [-0.3, -0.25) is 14.5 Å². The highest BCUT2D eigenvalue weighted by Gasteiger charge is 2.20. The number of carbonyl (C=O) groups is 2. The van der Waals surface area contributed by atoms with Crippen molar-refractivity contribution in [3.63, 3.8) is 0 Å². The predicted molar refractivity (Wildman–Crippen MR) is 131 cm³/mol. The fourth-order valence-corrected chi connectivity index (χ4v) is 4.04. The van der Waals surface area contributed by atoms with E-state index in [4.69, 9.17) is 4.74 Å². The molecule has 0 saturated carbocycles. The quantitative estimate of drug-likeness (QED) is 0.641. The van der Waals surface area contributed by atoms with Gasteiger partial charge in [-0.15, -0.1) is 0 Å². The number of rotatable bonds is 8. The second-order valence-electron chi connectivity index (χ2n) is 9.88. The summed E-state index contributed by atoms with van der Waals surface area (Å²) >= 11 is 0. The Bertz CT molecular complexity index is 909. The summed E-state index contributed by atoms with van der Waals surface area (Å²) in [7, 11) is 1.68. The maximum absolute atomic E-state index is 12.3. The van der Waals surface area contributed by atoms with Crippen molar-refractivity contribution >= 4 is 11.8 Å². The van der Waals surface area contributed by atoms with E-state index in [1.54, 1.807) is 7.11 Å². The van der Waals surface area contributed by atoms with E-state index in [1.165, 1.54) is 11.1 Å². The molecule has 1 aliphatic rings. The summed E-state index contributed by atoms with van der Waals surface area (Å²) in [6.07, 6.45) is 2.12. The van der Waals surface area contributed by atoms with E-state index in [2.05, 4.69) is 48.4 Å². The van der Waals surface area contributed by atoms with E-state index < -0.39 is 0 Å². The van der Waals surface area contributed by atoms with Gasteiger partial charge in [0.05, 0.1) is 13.7 Å². The standard InChI is InChI=1S/C27H37N3O3/c1-27(2,3)23-9-7-22(8-10-23)26(32)29-18-25(31)28-17-20-13-15-30(16-14-20)19-21-5-11-24(33-4)12-6-21/h5-12,20H,13-19H2,1-4H3,(H,28,31)(H,29,32). The lowest BCUT2D eigenvalue weighted by Crippen LogP contribution is -2.41. The summed E-state index contributed by atoms with van der Waals surface area (Å²) < 4.78 is 5.22. The highest BCUT2D eigenvalue weighted by atomic mass is 16.5. The number of ether oxygens (including phenoxy) is 1. The Labute approximate surface area is 197 Å². The number of amides is 2. The molecule has 1 fully saturated rings. The molecule has 0 atom stereocenters. The fraction of sp³-hybridized carbons (Fsp3) is 0.481. The Hall–Kier alpha value is -2.86. The molecule has 2 aromatic rings. The number of likely N-dealkylation sites (tertiary alicyclic amines) is 1. The molecular formula is C27H37N3O3. The van der Waals surface area contributed by atoms with Crippen molar-refractivity contribution in [3.8, 4) is 5.75 Å². The van der Waals surface area contributed by atoms with E-state index in [9.17, 15) is 9.59 Å². The van der Waals surface area contributed by atoms with Gasteiger partial charge in [-0.25, -0.2) is 0 Å². The number of nitrogens with one attached hydrogen (secondary N) is 2. The molecular weight excluding hydrogens is 414 g/mol. The van der Waals surface area contributed by atoms with Crippen molar-refractivity contribution < 1.29 is 14.3 Å².